The summed E-state index contributed by atoms with van der Waals surface area (Å²) in [7, 11) is 5.15. The normalized spacial score (nSPS) is 37.4. The molecule has 10 unspecified atom stereocenters. The second-order valence-corrected chi connectivity index (χ2v) is 10.3. The van der Waals surface area contributed by atoms with Gasteiger partial charge in [-0.2, -0.15) is 0 Å². The lowest BCUT2D eigenvalue weighted by molar-refractivity contribution is -0.440. The van der Waals surface area contributed by atoms with Crippen molar-refractivity contribution in [3.63, 3.8) is 0 Å². The SMILES string of the molecule is COc1cc(C2OCC3C2COC3C2(O)C(C(O)OC)OC(Oc3ccccc3)C(O)(OC)C2O)cc(OC)c1O. The molecule has 3 fully saturated rings. The Hall–Kier alpha value is -2.72. The number of hydrogen-bond acceptors (Lipinski definition) is 13. The highest BCUT2D eigenvalue weighted by Gasteiger charge is 2.72. The van der Waals surface area contributed by atoms with Crippen molar-refractivity contribution in [2.75, 3.05) is 41.7 Å². The zero-order valence-corrected chi connectivity index (χ0v) is 23.1. The van der Waals surface area contributed by atoms with E-state index in [9.17, 15) is 25.5 Å². The molecule has 10 atom stereocenters. The van der Waals surface area contributed by atoms with Gasteiger partial charge in [0.15, 0.2) is 23.4 Å². The van der Waals surface area contributed by atoms with Crippen LogP contribution < -0.4 is 14.2 Å². The van der Waals surface area contributed by atoms with Crippen molar-refractivity contribution in [2.45, 2.75) is 48.4 Å². The van der Waals surface area contributed by atoms with Crippen LogP contribution in [-0.4, -0.2) is 109 Å². The number of phenols is 1. The number of hydrogen-bond donors (Lipinski definition) is 5. The van der Waals surface area contributed by atoms with Gasteiger partial charge in [0.25, 0.3) is 12.1 Å². The third-order valence-electron chi connectivity index (χ3n) is 8.26. The van der Waals surface area contributed by atoms with E-state index in [1.807, 2.05) is 0 Å². The fourth-order valence-corrected chi connectivity index (χ4v) is 6.08. The standard InChI is InChI=1S/C28H36O13/c1-34-18-10-14(11-19(35-2)20(18)29)21-16-12-39-22(17(16)13-38-21)27(32)23(24(30)36-3)41-26(28(33,37-4)25(27)31)40-15-8-6-5-7-9-15/h5-11,16-17,21-26,29-33H,12-13H2,1-4H3. The van der Waals surface area contributed by atoms with Crippen LogP contribution >= 0.6 is 0 Å². The molecule has 0 aromatic heterocycles. The molecule has 0 amide bonds. The molecular weight excluding hydrogens is 544 g/mol. The van der Waals surface area contributed by atoms with Crippen molar-refractivity contribution in [2.24, 2.45) is 11.8 Å². The maximum atomic E-state index is 12.2. The monoisotopic (exact) mass is 580 g/mol. The summed E-state index contributed by atoms with van der Waals surface area (Å²) >= 11 is 0. The molecule has 2 aromatic rings. The average Bonchev–Trinajstić information content (AvgIpc) is 3.61. The van der Waals surface area contributed by atoms with Crippen LogP contribution in [0.1, 0.15) is 11.7 Å². The first-order valence-electron chi connectivity index (χ1n) is 13.1. The van der Waals surface area contributed by atoms with E-state index >= 15 is 0 Å². The minimum Gasteiger partial charge on any atom is -0.502 e. The highest BCUT2D eigenvalue weighted by atomic mass is 16.8. The lowest BCUT2D eigenvalue weighted by atomic mass is 9.71. The molecule has 226 valence electrons. The van der Waals surface area contributed by atoms with Crippen LogP contribution in [0, 0.1) is 11.8 Å². The summed E-state index contributed by atoms with van der Waals surface area (Å²) in [6, 6.07) is 11.6. The number of fused-ring (bicyclic) bond motifs is 1. The van der Waals surface area contributed by atoms with E-state index in [0.29, 0.717) is 5.56 Å². The van der Waals surface area contributed by atoms with Crippen LogP contribution in [0.3, 0.4) is 0 Å². The molecule has 5 rings (SSSR count). The van der Waals surface area contributed by atoms with Gasteiger partial charge in [0.1, 0.15) is 18.0 Å². The maximum absolute atomic E-state index is 12.2. The fraction of sp³-hybridized carbons (Fsp3) is 0.571. The van der Waals surface area contributed by atoms with Crippen molar-refractivity contribution in [3.05, 3.63) is 48.0 Å². The summed E-state index contributed by atoms with van der Waals surface area (Å²) in [5.74, 6) is -2.97. The highest BCUT2D eigenvalue weighted by molar-refractivity contribution is 5.53. The van der Waals surface area contributed by atoms with E-state index < -0.39 is 54.3 Å². The van der Waals surface area contributed by atoms with E-state index in [4.69, 9.17) is 37.9 Å². The van der Waals surface area contributed by atoms with E-state index in [2.05, 4.69) is 0 Å². The molecule has 13 heteroatoms. The smallest absolute Gasteiger partial charge is 0.259 e. The number of benzene rings is 2. The van der Waals surface area contributed by atoms with Gasteiger partial charge in [-0.25, -0.2) is 0 Å². The average molecular weight is 581 g/mol. The van der Waals surface area contributed by atoms with E-state index in [-0.39, 0.29) is 42.1 Å². The van der Waals surface area contributed by atoms with Gasteiger partial charge in [-0.3, -0.25) is 0 Å². The first kappa shape index (κ1) is 29.8. The van der Waals surface area contributed by atoms with Gasteiger partial charge >= 0.3 is 0 Å². The molecule has 3 aliphatic rings. The molecule has 5 N–H and O–H groups in total. The summed E-state index contributed by atoms with van der Waals surface area (Å²) in [4.78, 5) is 0. The summed E-state index contributed by atoms with van der Waals surface area (Å²) < 4.78 is 44.9. The van der Waals surface area contributed by atoms with Crippen LogP contribution in [0.4, 0.5) is 0 Å². The molecule has 3 saturated heterocycles. The largest absolute Gasteiger partial charge is 0.502 e. The zero-order chi connectivity index (χ0) is 29.5. The van der Waals surface area contributed by atoms with Gasteiger partial charge in [-0.1, -0.05) is 18.2 Å². The topological polar surface area (TPSA) is 175 Å². The Balaban J connectivity index is 1.48. The Morgan fingerprint density at radius 2 is 1.56 bits per heavy atom. The third-order valence-corrected chi connectivity index (χ3v) is 8.26. The molecule has 0 radical (unpaired) electrons. The minimum absolute atomic E-state index is 0.0890. The van der Waals surface area contributed by atoms with Gasteiger partial charge in [0.2, 0.25) is 5.75 Å². The predicted octanol–water partition coefficient (Wildman–Crippen LogP) is 0.308. The van der Waals surface area contributed by atoms with Crippen LogP contribution in [0.2, 0.25) is 0 Å². The highest BCUT2D eigenvalue weighted by Crippen LogP contribution is 2.53. The number of aromatic hydroxyl groups is 1. The summed E-state index contributed by atoms with van der Waals surface area (Å²) in [6.07, 6.45) is -8.95. The molecule has 13 nitrogen and oxygen atoms in total. The Bertz CT molecular complexity index is 1170. The van der Waals surface area contributed by atoms with Crippen LogP contribution in [0.5, 0.6) is 23.0 Å². The molecule has 2 aromatic carbocycles. The van der Waals surface area contributed by atoms with Crippen molar-refractivity contribution >= 4 is 0 Å². The number of rotatable bonds is 9. The Morgan fingerprint density at radius 1 is 0.927 bits per heavy atom. The van der Waals surface area contributed by atoms with E-state index in [1.165, 1.54) is 21.3 Å². The quantitative estimate of drug-likeness (QED) is 0.257. The Morgan fingerprint density at radius 3 is 2.15 bits per heavy atom. The third kappa shape index (κ3) is 4.80. The van der Waals surface area contributed by atoms with Crippen LogP contribution in [0.25, 0.3) is 0 Å². The lowest BCUT2D eigenvalue weighted by Crippen LogP contribution is -2.79. The maximum Gasteiger partial charge on any atom is 0.259 e. The van der Waals surface area contributed by atoms with Crippen molar-refractivity contribution in [1.29, 1.82) is 0 Å². The number of phenolic OH excluding ortho intramolecular Hbond substituents is 1. The molecule has 3 heterocycles. The number of ether oxygens (including phenoxy) is 8. The van der Waals surface area contributed by atoms with Crippen molar-refractivity contribution in [1.82, 2.24) is 0 Å². The van der Waals surface area contributed by atoms with Gasteiger partial charge < -0.3 is 63.4 Å². The van der Waals surface area contributed by atoms with Crippen molar-refractivity contribution in [3.8, 4) is 23.0 Å². The molecular formula is C28H36O13. The molecule has 0 saturated carbocycles. The van der Waals surface area contributed by atoms with Gasteiger partial charge in [0, 0.05) is 26.1 Å². The van der Waals surface area contributed by atoms with Gasteiger partial charge in [-0.15, -0.1) is 0 Å². The summed E-state index contributed by atoms with van der Waals surface area (Å²) in [5.41, 5.74) is -1.82. The molecule has 3 aliphatic heterocycles. The van der Waals surface area contributed by atoms with Crippen LogP contribution in [0.15, 0.2) is 42.5 Å². The second-order valence-electron chi connectivity index (χ2n) is 10.3. The molecule has 0 spiro atoms. The Kier molecular flexibility index (Phi) is 8.36. The number of para-hydroxylation sites is 1. The van der Waals surface area contributed by atoms with E-state index in [0.717, 1.165) is 7.11 Å². The Labute approximate surface area is 236 Å². The first-order valence-corrected chi connectivity index (χ1v) is 13.1. The van der Waals surface area contributed by atoms with Crippen LogP contribution in [-0.2, 0) is 23.7 Å². The summed E-state index contributed by atoms with van der Waals surface area (Å²) in [5, 5.41) is 56.4. The van der Waals surface area contributed by atoms with Gasteiger partial charge in [-0.05, 0) is 29.8 Å². The number of aliphatic hydroxyl groups excluding tert-OH is 2. The van der Waals surface area contributed by atoms with Crippen molar-refractivity contribution < 1.29 is 63.4 Å². The van der Waals surface area contributed by atoms with E-state index in [1.54, 1.807) is 42.5 Å². The second kappa shape index (κ2) is 11.5. The predicted molar refractivity (Wildman–Crippen MR) is 138 cm³/mol. The summed E-state index contributed by atoms with van der Waals surface area (Å²) in [6.45, 7) is 0.178. The molecule has 0 bridgehead atoms. The first-order chi connectivity index (χ1) is 19.6. The number of aliphatic hydroxyl groups is 4. The number of methoxy groups -OCH3 is 4. The molecule has 41 heavy (non-hydrogen) atoms. The van der Waals surface area contributed by atoms with Gasteiger partial charge in [0.05, 0.1) is 39.6 Å². The fourth-order valence-electron chi connectivity index (χ4n) is 6.08. The molecule has 0 aliphatic carbocycles. The lowest BCUT2D eigenvalue weighted by Gasteiger charge is -2.55. The zero-order valence-electron chi connectivity index (χ0n) is 23.1. The minimum atomic E-state index is -2.59.